The van der Waals surface area contributed by atoms with Crippen LogP contribution in [0.3, 0.4) is 0 Å². The lowest BCUT2D eigenvalue weighted by molar-refractivity contribution is 0.0755. The average Bonchev–Trinajstić information content (AvgIpc) is 2.52. The van der Waals surface area contributed by atoms with Gasteiger partial charge in [-0.2, -0.15) is 4.72 Å². The molecule has 0 aromatic heterocycles. The van der Waals surface area contributed by atoms with Gasteiger partial charge in [0.05, 0.1) is 11.4 Å². The first-order valence-corrected chi connectivity index (χ1v) is 8.77. The lowest BCUT2D eigenvalue weighted by Crippen LogP contribution is -2.32. The van der Waals surface area contributed by atoms with Gasteiger partial charge in [0.25, 0.3) is 5.91 Å². The van der Waals surface area contributed by atoms with E-state index in [0.29, 0.717) is 18.7 Å². The second kappa shape index (κ2) is 8.57. The Labute approximate surface area is 132 Å². The van der Waals surface area contributed by atoms with Crippen LogP contribution in [0.4, 0.5) is 0 Å². The summed E-state index contributed by atoms with van der Waals surface area (Å²) >= 11 is 0. The Hall–Kier alpha value is -1.84. The van der Waals surface area contributed by atoms with Gasteiger partial charge >= 0.3 is 0 Å². The Balaban J connectivity index is 3.05. The molecule has 0 atom stereocenters. The van der Waals surface area contributed by atoms with Gasteiger partial charge in [-0.3, -0.25) is 4.79 Å². The van der Waals surface area contributed by atoms with Crippen LogP contribution in [-0.4, -0.2) is 38.9 Å². The molecule has 6 heteroatoms. The van der Waals surface area contributed by atoms with Crippen molar-refractivity contribution in [1.29, 1.82) is 0 Å². The molecule has 0 aliphatic carbocycles. The zero-order chi connectivity index (χ0) is 16.6. The maximum atomic E-state index is 12.5. The molecular formula is C16H22N2O3S. The minimum atomic E-state index is -3.69. The molecule has 0 heterocycles. The SMILES string of the molecule is C#CCNS(=O)(=O)c1cccc(C(=O)N(CCC)CCC)c1. The van der Waals surface area contributed by atoms with E-state index < -0.39 is 10.0 Å². The van der Waals surface area contributed by atoms with Crippen molar-refractivity contribution < 1.29 is 13.2 Å². The summed E-state index contributed by atoms with van der Waals surface area (Å²) in [5.74, 6) is 2.06. The molecule has 0 aliphatic rings. The van der Waals surface area contributed by atoms with Crippen LogP contribution in [-0.2, 0) is 10.0 Å². The van der Waals surface area contributed by atoms with E-state index in [0.717, 1.165) is 12.8 Å². The molecular weight excluding hydrogens is 300 g/mol. The highest BCUT2D eigenvalue weighted by Crippen LogP contribution is 2.14. The maximum Gasteiger partial charge on any atom is 0.253 e. The third kappa shape index (κ3) is 4.86. The number of carbonyl (C=O) groups excluding carboxylic acids is 1. The molecule has 0 bridgehead atoms. The largest absolute Gasteiger partial charge is 0.339 e. The number of hydrogen-bond donors (Lipinski definition) is 1. The van der Waals surface area contributed by atoms with Crippen LogP contribution in [0.1, 0.15) is 37.0 Å². The fraction of sp³-hybridized carbons (Fsp3) is 0.438. The number of hydrogen-bond acceptors (Lipinski definition) is 3. The number of carbonyl (C=O) groups is 1. The van der Waals surface area contributed by atoms with Gasteiger partial charge < -0.3 is 4.90 Å². The molecule has 1 aromatic rings. The molecule has 1 N–H and O–H groups in total. The fourth-order valence-electron chi connectivity index (χ4n) is 2.05. The minimum absolute atomic E-state index is 0.0431. The van der Waals surface area contributed by atoms with Crippen LogP contribution < -0.4 is 4.72 Å². The molecule has 5 nitrogen and oxygen atoms in total. The quantitative estimate of drug-likeness (QED) is 0.743. The topological polar surface area (TPSA) is 66.5 Å². The molecule has 22 heavy (non-hydrogen) atoms. The van der Waals surface area contributed by atoms with Crippen molar-refractivity contribution in [2.75, 3.05) is 19.6 Å². The highest BCUT2D eigenvalue weighted by atomic mass is 32.2. The van der Waals surface area contributed by atoms with Crippen molar-refractivity contribution in [3.8, 4) is 12.3 Å². The van der Waals surface area contributed by atoms with Gasteiger partial charge in [0.2, 0.25) is 10.0 Å². The van der Waals surface area contributed by atoms with Crippen molar-refractivity contribution >= 4 is 15.9 Å². The number of nitrogens with one attached hydrogen (secondary N) is 1. The van der Waals surface area contributed by atoms with Crippen LogP contribution >= 0.6 is 0 Å². The highest BCUT2D eigenvalue weighted by Gasteiger charge is 2.18. The first kappa shape index (κ1) is 18.2. The van der Waals surface area contributed by atoms with Crippen LogP contribution in [0.2, 0.25) is 0 Å². The molecule has 0 spiro atoms. The lowest BCUT2D eigenvalue weighted by Gasteiger charge is -2.21. The normalized spacial score (nSPS) is 11.0. The summed E-state index contributed by atoms with van der Waals surface area (Å²) < 4.78 is 26.4. The molecule has 0 fully saturated rings. The summed E-state index contributed by atoms with van der Waals surface area (Å²) in [7, 11) is -3.69. The van der Waals surface area contributed by atoms with Gasteiger partial charge in [-0.1, -0.05) is 25.8 Å². The summed E-state index contributed by atoms with van der Waals surface area (Å²) in [6, 6.07) is 6.02. The van der Waals surface area contributed by atoms with Crippen LogP contribution in [0, 0.1) is 12.3 Å². The summed E-state index contributed by atoms with van der Waals surface area (Å²) in [6.45, 7) is 5.22. The zero-order valence-electron chi connectivity index (χ0n) is 13.0. The number of nitrogens with zero attached hydrogens (tertiary/aromatic N) is 1. The summed E-state index contributed by atoms with van der Waals surface area (Å²) in [5, 5.41) is 0. The van der Waals surface area contributed by atoms with E-state index >= 15 is 0 Å². The van der Waals surface area contributed by atoms with E-state index in [1.54, 1.807) is 17.0 Å². The molecule has 1 amide bonds. The Morgan fingerprint density at radius 2 is 1.91 bits per heavy atom. The van der Waals surface area contributed by atoms with Crippen molar-refractivity contribution in [3.05, 3.63) is 29.8 Å². The molecule has 0 aliphatic heterocycles. The first-order chi connectivity index (χ1) is 10.5. The van der Waals surface area contributed by atoms with E-state index in [9.17, 15) is 13.2 Å². The third-order valence-electron chi connectivity index (χ3n) is 3.03. The van der Waals surface area contributed by atoms with Gasteiger partial charge in [-0.25, -0.2) is 8.42 Å². The standard InChI is InChI=1S/C16H22N2O3S/c1-4-10-17-22(20,21)15-9-7-8-14(13-15)16(19)18(11-5-2)12-6-3/h1,7-9,13,17H,5-6,10-12H2,2-3H3. The fourth-order valence-corrected chi connectivity index (χ4v) is 3.03. The lowest BCUT2D eigenvalue weighted by atomic mass is 10.2. The van der Waals surface area contributed by atoms with E-state index in [-0.39, 0.29) is 17.3 Å². The van der Waals surface area contributed by atoms with Gasteiger partial charge in [-0.15, -0.1) is 6.42 Å². The Bertz CT molecular complexity index is 642. The summed E-state index contributed by atoms with van der Waals surface area (Å²) in [4.78, 5) is 14.3. The van der Waals surface area contributed by atoms with Gasteiger partial charge in [-0.05, 0) is 31.0 Å². The van der Waals surface area contributed by atoms with Crippen LogP contribution in [0.5, 0.6) is 0 Å². The number of amides is 1. The van der Waals surface area contributed by atoms with E-state index in [4.69, 9.17) is 6.42 Å². The average molecular weight is 322 g/mol. The van der Waals surface area contributed by atoms with Crippen LogP contribution in [0.25, 0.3) is 0 Å². The molecule has 1 aromatic carbocycles. The minimum Gasteiger partial charge on any atom is -0.339 e. The summed E-state index contributed by atoms with van der Waals surface area (Å²) in [5.41, 5.74) is 0.366. The molecule has 0 saturated carbocycles. The van der Waals surface area contributed by atoms with Crippen LogP contribution in [0.15, 0.2) is 29.2 Å². The Kier molecular flexibility index (Phi) is 7.09. The number of benzene rings is 1. The van der Waals surface area contributed by atoms with E-state index in [1.807, 2.05) is 13.8 Å². The number of rotatable bonds is 8. The molecule has 1 rings (SSSR count). The predicted molar refractivity (Wildman–Crippen MR) is 86.9 cm³/mol. The van der Waals surface area contributed by atoms with Gasteiger partial charge in [0.1, 0.15) is 0 Å². The molecule has 120 valence electrons. The third-order valence-corrected chi connectivity index (χ3v) is 4.43. The second-order valence-corrected chi connectivity index (χ2v) is 6.62. The predicted octanol–water partition coefficient (Wildman–Crippen LogP) is 1.86. The van der Waals surface area contributed by atoms with Gasteiger partial charge in [0, 0.05) is 18.7 Å². The van der Waals surface area contributed by atoms with Crippen molar-refractivity contribution in [3.63, 3.8) is 0 Å². The molecule has 0 saturated heterocycles. The highest BCUT2D eigenvalue weighted by molar-refractivity contribution is 7.89. The van der Waals surface area contributed by atoms with Crippen molar-refractivity contribution in [2.24, 2.45) is 0 Å². The summed E-state index contributed by atoms with van der Waals surface area (Å²) in [6.07, 6.45) is 6.77. The second-order valence-electron chi connectivity index (χ2n) is 4.85. The first-order valence-electron chi connectivity index (χ1n) is 7.28. The van der Waals surface area contributed by atoms with Crippen molar-refractivity contribution in [2.45, 2.75) is 31.6 Å². The monoisotopic (exact) mass is 322 g/mol. The van der Waals surface area contributed by atoms with Gasteiger partial charge in [0.15, 0.2) is 0 Å². The smallest absolute Gasteiger partial charge is 0.253 e. The van der Waals surface area contributed by atoms with E-state index in [1.165, 1.54) is 12.1 Å². The molecule has 0 radical (unpaired) electrons. The Morgan fingerprint density at radius 3 is 2.45 bits per heavy atom. The molecule has 0 unspecified atom stereocenters. The Morgan fingerprint density at radius 1 is 1.27 bits per heavy atom. The number of terminal acetylenes is 1. The zero-order valence-corrected chi connectivity index (χ0v) is 13.8. The number of sulfonamides is 1. The van der Waals surface area contributed by atoms with E-state index in [2.05, 4.69) is 10.6 Å². The van der Waals surface area contributed by atoms with Crippen molar-refractivity contribution in [1.82, 2.24) is 9.62 Å². The maximum absolute atomic E-state index is 12.5.